The Bertz CT molecular complexity index is 1000. The van der Waals surface area contributed by atoms with Gasteiger partial charge in [0.1, 0.15) is 5.69 Å². The number of pyridine rings is 1. The largest absolute Gasteiger partial charge is 0.353 e. The van der Waals surface area contributed by atoms with Gasteiger partial charge in [0.25, 0.3) is 11.5 Å². The second-order valence-electron chi connectivity index (χ2n) is 6.24. The monoisotopic (exact) mass is 371 g/mol. The fourth-order valence-corrected chi connectivity index (χ4v) is 3.29. The Balaban J connectivity index is 1.83. The summed E-state index contributed by atoms with van der Waals surface area (Å²) in [6, 6.07) is 9.20. The number of amides is 1. The predicted molar refractivity (Wildman–Crippen MR) is 105 cm³/mol. The molecule has 27 heavy (non-hydrogen) atoms. The lowest BCUT2D eigenvalue weighted by Gasteiger charge is -2.17. The van der Waals surface area contributed by atoms with Gasteiger partial charge in [0.2, 0.25) is 0 Å². The molecule has 0 fully saturated rings. The molecule has 0 atom stereocenters. The summed E-state index contributed by atoms with van der Waals surface area (Å²) in [5.74, 6) is -0.232. The third-order valence-electron chi connectivity index (χ3n) is 4.51. The number of carbonyl (C=O) groups excluding carboxylic acids is 1. The first-order valence-corrected chi connectivity index (χ1v) is 9.18. The molecule has 3 aromatic rings. The minimum Gasteiger partial charge on any atom is -0.353 e. The molecule has 2 heterocycles. The molecule has 0 aliphatic rings. The Morgan fingerprint density at radius 3 is 2.59 bits per heavy atom. The number of aromatic nitrogens is 2. The van der Waals surface area contributed by atoms with Crippen molar-refractivity contribution in [2.45, 2.75) is 26.6 Å². The Morgan fingerprint density at radius 1 is 1.19 bits per heavy atom. The van der Waals surface area contributed by atoms with Gasteiger partial charge < -0.3 is 24.3 Å². The molecule has 0 radical (unpaired) electrons. The lowest BCUT2D eigenvalue weighted by molar-refractivity contribution is -0.138. The lowest BCUT2D eigenvalue weighted by atomic mass is 10.1. The van der Waals surface area contributed by atoms with Crippen molar-refractivity contribution in [3.63, 3.8) is 0 Å². The van der Waals surface area contributed by atoms with Gasteiger partial charge in [0, 0.05) is 38.6 Å². The van der Waals surface area contributed by atoms with Crippen LogP contribution in [0.25, 0.3) is 21.8 Å². The summed E-state index contributed by atoms with van der Waals surface area (Å²) in [5, 5.41) is 4.29. The summed E-state index contributed by atoms with van der Waals surface area (Å²) in [7, 11) is 1.80. The van der Waals surface area contributed by atoms with Gasteiger partial charge in [0.05, 0.1) is 16.4 Å². The number of carbonyl (C=O) groups is 1. The molecule has 7 nitrogen and oxygen atoms in total. The molecule has 0 saturated carbocycles. The van der Waals surface area contributed by atoms with Gasteiger partial charge in [-0.05, 0) is 26.0 Å². The highest BCUT2D eigenvalue weighted by atomic mass is 16.7. The summed E-state index contributed by atoms with van der Waals surface area (Å²) in [6.45, 7) is 5.33. The van der Waals surface area contributed by atoms with E-state index in [1.807, 2.05) is 38.1 Å². The maximum Gasteiger partial charge on any atom is 0.267 e. The van der Waals surface area contributed by atoms with E-state index in [1.54, 1.807) is 17.7 Å². The van der Waals surface area contributed by atoms with Crippen molar-refractivity contribution < 1.29 is 14.3 Å². The van der Waals surface area contributed by atoms with Gasteiger partial charge in [-0.25, -0.2) is 0 Å². The number of rotatable bonds is 8. The van der Waals surface area contributed by atoms with E-state index in [9.17, 15) is 9.59 Å². The number of hydrogen-bond acceptors (Lipinski definition) is 4. The van der Waals surface area contributed by atoms with E-state index in [1.165, 1.54) is 0 Å². The smallest absolute Gasteiger partial charge is 0.267 e. The first-order chi connectivity index (χ1) is 13.1. The molecule has 144 valence electrons. The number of ether oxygens (including phenoxy) is 2. The molecule has 0 unspecified atom stereocenters. The molecule has 1 aromatic carbocycles. The van der Waals surface area contributed by atoms with Crippen molar-refractivity contribution in [3.05, 3.63) is 46.4 Å². The zero-order valence-electron chi connectivity index (χ0n) is 15.9. The first kappa shape index (κ1) is 19.1. The van der Waals surface area contributed by atoms with Crippen LogP contribution < -0.4 is 10.9 Å². The van der Waals surface area contributed by atoms with E-state index < -0.39 is 0 Å². The maximum absolute atomic E-state index is 12.7. The van der Waals surface area contributed by atoms with Crippen LogP contribution in [0.15, 0.2) is 35.1 Å². The molecule has 0 bridgehead atoms. The molecule has 2 aromatic heterocycles. The van der Waals surface area contributed by atoms with E-state index in [4.69, 9.17) is 9.47 Å². The van der Waals surface area contributed by atoms with E-state index in [2.05, 4.69) is 10.3 Å². The van der Waals surface area contributed by atoms with Crippen molar-refractivity contribution in [1.29, 1.82) is 0 Å². The highest BCUT2D eigenvalue weighted by Gasteiger charge is 2.18. The summed E-state index contributed by atoms with van der Waals surface area (Å²) in [4.78, 5) is 27.9. The quantitative estimate of drug-likeness (QED) is 0.596. The summed E-state index contributed by atoms with van der Waals surface area (Å²) in [6.07, 6.45) is 0.223. The number of nitrogens with zero attached hydrogens (tertiary/aromatic N) is 1. The standard InChI is InChI=1S/C20H25N3O4/c1-4-26-17(27-5-2)10-11-21-20(25)16-12-14-18(23(16)3)13-8-6-7-9-15(13)22-19(14)24/h6-9,12,17H,4-5,10-11H2,1-3H3,(H,21,25)(H,22,24). The minimum absolute atomic E-state index is 0.203. The molecule has 2 N–H and O–H groups in total. The number of H-pyrrole nitrogens is 1. The van der Waals surface area contributed by atoms with Crippen molar-refractivity contribution in [1.82, 2.24) is 14.9 Å². The van der Waals surface area contributed by atoms with Gasteiger partial charge >= 0.3 is 0 Å². The van der Waals surface area contributed by atoms with Gasteiger partial charge in [-0.3, -0.25) is 9.59 Å². The molecule has 0 aliphatic heterocycles. The SMILES string of the molecule is CCOC(CCNC(=O)c1cc2c(=O)[nH]c3ccccc3c2n1C)OCC. The van der Waals surface area contributed by atoms with Gasteiger partial charge in [0.15, 0.2) is 6.29 Å². The minimum atomic E-state index is -0.334. The van der Waals surface area contributed by atoms with Crippen LogP contribution in [0.2, 0.25) is 0 Å². The van der Waals surface area contributed by atoms with Gasteiger partial charge in [-0.1, -0.05) is 18.2 Å². The van der Waals surface area contributed by atoms with E-state index in [0.29, 0.717) is 37.3 Å². The third kappa shape index (κ3) is 3.89. The van der Waals surface area contributed by atoms with Crippen LogP contribution in [0.4, 0.5) is 0 Å². The Labute approximate surface area is 157 Å². The summed E-state index contributed by atoms with van der Waals surface area (Å²) < 4.78 is 12.7. The van der Waals surface area contributed by atoms with E-state index >= 15 is 0 Å². The second-order valence-corrected chi connectivity index (χ2v) is 6.24. The Morgan fingerprint density at radius 2 is 1.89 bits per heavy atom. The van der Waals surface area contributed by atoms with Crippen molar-refractivity contribution >= 4 is 27.7 Å². The maximum atomic E-state index is 12.7. The average molecular weight is 371 g/mol. The average Bonchev–Trinajstić information content (AvgIpc) is 3.01. The lowest BCUT2D eigenvalue weighted by Crippen LogP contribution is -2.30. The Kier molecular flexibility index (Phi) is 5.93. The normalized spacial score (nSPS) is 11.6. The topological polar surface area (TPSA) is 85.4 Å². The number of hydrogen-bond donors (Lipinski definition) is 2. The molecular formula is C20H25N3O4. The molecule has 1 amide bonds. The Hall–Kier alpha value is -2.64. The zero-order chi connectivity index (χ0) is 19.4. The molecule has 0 saturated heterocycles. The third-order valence-corrected chi connectivity index (χ3v) is 4.51. The molecular weight excluding hydrogens is 346 g/mol. The van der Waals surface area contributed by atoms with Crippen LogP contribution in [0.5, 0.6) is 0 Å². The van der Waals surface area contributed by atoms with Crippen LogP contribution in [0, 0.1) is 0 Å². The van der Waals surface area contributed by atoms with Crippen LogP contribution in [0.1, 0.15) is 30.8 Å². The fourth-order valence-electron chi connectivity index (χ4n) is 3.29. The van der Waals surface area contributed by atoms with Crippen LogP contribution in [-0.2, 0) is 16.5 Å². The van der Waals surface area contributed by atoms with Gasteiger partial charge in [-0.15, -0.1) is 0 Å². The van der Waals surface area contributed by atoms with Crippen LogP contribution in [0.3, 0.4) is 0 Å². The fraction of sp³-hybridized carbons (Fsp3) is 0.400. The van der Waals surface area contributed by atoms with Crippen molar-refractivity contribution in [2.24, 2.45) is 7.05 Å². The van der Waals surface area contributed by atoms with Crippen LogP contribution >= 0.6 is 0 Å². The highest BCUT2D eigenvalue weighted by Crippen LogP contribution is 2.23. The predicted octanol–water partition coefficient (Wildman–Crippen LogP) is 2.54. The number of aryl methyl sites for hydroxylation is 1. The number of para-hydroxylation sites is 1. The first-order valence-electron chi connectivity index (χ1n) is 9.18. The molecule has 0 spiro atoms. The number of fused-ring (bicyclic) bond motifs is 3. The zero-order valence-corrected chi connectivity index (χ0v) is 15.9. The number of nitrogens with one attached hydrogen (secondary N) is 2. The number of benzene rings is 1. The van der Waals surface area contributed by atoms with Crippen molar-refractivity contribution in [3.8, 4) is 0 Å². The summed E-state index contributed by atoms with van der Waals surface area (Å²) >= 11 is 0. The van der Waals surface area contributed by atoms with Gasteiger partial charge in [-0.2, -0.15) is 0 Å². The molecule has 7 heteroatoms. The molecule has 3 rings (SSSR count). The molecule has 0 aliphatic carbocycles. The number of aromatic amines is 1. The second kappa shape index (κ2) is 8.37. The van der Waals surface area contributed by atoms with E-state index in [0.717, 1.165) is 16.4 Å². The van der Waals surface area contributed by atoms with Crippen LogP contribution in [-0.4, -0.2) is 41.5 Å². The highest BCUT2D eigenvalue weighted by molar-refractivity contribution is 6.07. The van der Waals surface area contributed by atoms with E-state index in [-0.39, 0.29) is 17.8 Å². The van der Waals surface area contributed by atoms with Crippen molar-refractivity contribution in [2.75, 3.05) is 19.8 Å². The summed E-state index contributed by atoms with van der Waals surface area (Å²) in [5.41, 5.74) is 1.74.